The molecule has 1 aromatic carbocycles. The number of nitrogens with zero attached hydrogens (tertiary/aromatic N) is 1. The SMILES string of the molecule is N[C@@H](CCC(F)(F)F)c1ccc([N+](=O)[O-])cc1. The maximum atomic E-state index is 12.0. The standard InChI is InChI=1S/C10H11F3N2O2/c11-10(12,13)6-5-9(14)7-1-3-8(4-2-7)15(16)17/h1-4,9H,5-6,14H2/t9-/m0/s1. The highest BCUT2D eigenvalue weighted by Gasteiger charge is 2.27. The normalized spacial score (nSPS) is 13.4. The van der Waals surface area contributed by atoms with Crippen LogP contribution in [0.1, 0.15) is 24.4 Å². The van der Waals surface area contributed by atoms with Crippen LogP contribution in [-0.4, -0.2) is 11.1 Å². The van der Waals surface area contributed by atoms with Crippen molar-refractivity contribution in [2.75, 3.05) is 0 Å². The molecular formula is C10H11F3N2O2. The van der Waals surface area contributed by atoms with Crippen LogP contribution in [0, 0.1) is 10.1 Å². The minimum absolute atomic E-state index is 0.114. The van der Waals surface area contributed by atoms with Crippen molar-refractivity contribution in [2.24, 2.45) is 5.73 Å². The highest BCUT2D eigenvalue weighted by molar-refractivity contribution is 5.34. The fourth-order valence-electron chi connectivity index (χ4n) is 1.33. The molecule has 0 aliphatic heterocycles. The summed E-state index contributed by atoms with van der Waals surface area (Å²) in [5.41, 5.74) is 5.90. The smallest absolute Gasteiger partial charge is 0.324 e. The van der Waals surface area contributed by atoms with Crippen LogP contribution in [0.25, 0.3) is 0 Å². The fourth-order valence-corrected chi connectivity index (χ4v) is 1.33. The van der Waals surface area contributed by atoms with Crippen LogP contribution in [-0.2, 0) is 0 Å². The Kier molecular flexibility index (Phi) is 4.06. The summed E-state index contributed by atoms with van der Waals surface area (Å²) in [5, 5.41) is 10.4. The monoisotopic (exact) mass is 248 g/mol. The lowest BCUT2D eigenvalue weighted by atomic mass is 10.0. The van der Waals surface area contributed by atoms with E-state index in [1.807, 2.05) is 0 Å². The van der Waals surface area contributed by atoms with Crippen molar-refractivity contribution in [3.63, 3.8) is 0 Å². The first-order chi connectivity index (χ1) is 7.79. The molecular weight excluding hydrogens is 237 g/mol. The van der Waals surface area contributed by atoms with Gasteiger partial charge >= 0.3 is 6.18 Å². The van der Waals surface area contributed by atoms with Gasteiger partial charge in [0.05, 0.1) is 4.92 Å². The number of nitro benzene ring substituents is 1. The molecule has 0 saturated heterocycles. The van der Waals surface area contributed by atoms with Gasteiger partial charge in [-0.05, 0) is 12.0 Å². The van der Waals surface area contributed by atoms with Gasteiger partial charge in [-0.1, -0.05) is 12.1 Å². The highest BCUT2D eigenvalue weighted by Crippen LogP contribution is 2.26. The number of nitrogens with two attached hydrogens (primary N) is 1. The van der Waals surface area contributed by atoms with Crippen molar-refractivity contribution < 1.29 is 18.1 Å². The number of halogens is 3. The molecule has 0 spiro atoms. The number of non-ortho nitro benzene ring substituents is 1. The van der Waals surface area contributed by atoms with Crippen molar-refractivity contribution in [1.29, 1.82) is 0 Å². The zero-order valence-corrected chi connectivity index (χ0v) is 8.78. The zero-order valence-electron chi connectivity index (χ0n) is 8.78. The Bertz CT molecular complexity index is 390. The minimum Gasteiger partial charge on any atom is -0.324 e. The van der Waals surface area contributed by atoms with Gasteiger partial charge in [-0.2, -0.15) is 13.2 Å². The quantitative estimate of drug-likeness (QED) is 0.657. The first kappa shape index (κ1) is 13.4. The van der Waals surface area contributed by atoms with Crippen LogP contribution in [0.2, 0.25) is 0 Å². The van der Waals surface area contributed by atoms with E-state index in [0.717, 1.165) is 0 Å². The average Bonchev–Trinajstić information content (AvgIpc) is 2.25. The molecule has 0 aliphatic carbocycles. The van der Waals surface area contributed by atoms with Crippen molar-refractivity contribution in [1.82, 2.24) is 0 Å². The lowest BCUT2D eigenvalue weighted by Gasteiger charge is -2.13. The van der Waals surface area contributed by atoms with Gasteiger partial charge in [-0.3, -0.25) is 10.1 Å². The summed E-state index contributed by atoms with van der Waals surface area (Å²) < 4.78 is 35.9. The van der Waals surface area contributed by atoms with Gasteiger partial charge < -0.3 is 5.73 Å². The van der Waals surface area contributed by atoms with E-state index < -0.39 is 23.6 Å². The number of benzene rings is 1. The van der Waals surface area contributed by atoms with E-state index in [2.05, 4.69) is 0 Å². The van der Waals surface area contributed by atoms with Gasteiger partial charge in [0.1, 0.15) is 0 Å². The van der Waals surface area contributed by atoms with E-state index in [1.54, 1.807) is 0 Å². The van der Waals surface area contributed by atoms with Crippen molar-refractivity contribution in [2.45, 2.75) is 25.1 Å². The number of rotatable bonds is 4. The molecule has 0 unspecified atom stereocenters. The molecule has 0 radical (unpaired) electrons. The van der Waals surface area contributed by atoms with E-state index in [9.17, 15) is 23.3 Å². The van der Waals surface area contributed by atoms with E-state index in [0.29, 0.717) is 5.56 Å². The summed E-state index contributed by atoms with van der Waals surface area (Å²) in [6, 6.07) is 4.43. The second-order valence-electron chi connectivity index (χ2n) is 3.61. The Hall–Kier alpha value is -1.63. The molecule has 0 bridgehead atoms. The number of hydrogen-bond donors (Lipinski definition) is 1. The molecule has 0 aromatic heterocycles. The largest absolute Gasteiger partial charge is 0.389 e. The minimum atomic E-state index is -4.24. The van der Waals surface area contributed by atoms with Gasteiger partial charge in [0.25, 0.3) is 5.69 Å². The van der Waals surface area contributed by atoms with Crippen LogP contribution in [0.15, 0.2) is 24.3 Å². The molecule has 7 heteroatoms. The van der Waals surface area contributed by atoms with Crippen molar-refractivity contribution in [3.05, 3.63) is 39.9 Å². The molecule has 4 nitrogen and oxygen atoms in total. The second kappa shape index (κ2) is 5.13. The van der Waals surface area contributed by atoms with Gasteiger partial charge in [-0.15, -0.1) is 0 Å². The third kappa shape index (κ3) is 4.39. The Labute approximate surface area is 95.4 Å². The summed E-state index contributed by atoms with van der Waals surface area (Å²) in [6.45, 7) is 0. The Morgan fingerprint density at radius 3 is 2.24 bits per heavy atom. The Balaban J connectivity index is 2.63. The van der Waals surface area contributed by atoms with Crippen LogP contribution in [0.3, 0.4) is 0 Å². The molecule has 0 amide bonds. The first-order valence-corrected chi connectivity index (χ1v) is 4.86. The Morgan fingerprint density at radius 1 is 1.29 bits per heavy atom. The summed E-state index contributed by atoms with van der Waals surface area (Å²) >= 11 is 0. The summed E-state index contributed by atoms with van der Waals surface area (Å²) in [5.74, 6) is 0. The van der Waals surface area contributed by atoms with Gasteiger partial charge in [0, 0.05) is 24.6 Å². The third-order valence-electron chi connectivity index (χ3n) is 2.27. The second-order valence-corrected chi connectivity index (χ2v) is 3.61. The molecule has 1 aromatic rings. The molecule has 0 aliphatic rings. The fraction of sp³-hybridized carbons (Fsp3) is 0.400. The molecule has 0 heterocycles. The topological polar surface area (TPSA) is 69.2 Å². The van der Waals surface area contributed by atoms with Crippen molar-refractivity contribution >= 4 is 5.69 Å². The zero-order chi connectivity index (χ0) is 13.1. The van der Waals surface area contributed by atoms with E-state index in [-0.39, 0.29) is 12.1 Å². The predicted molar refractivity (Wildman–Crippen MR) is 55.3 cm³/mol. The molecule has 0 saturated carbocycles. The van der Waals surface area contributed by atoms with Gasteiger partial charge in [-0.25, -0.2) is 0 Å². The summed E-state index contributed by atoms with van der Waals surface area (Å²) in [6.07, 6.45) is -5.44. The molecule has 1 atom stereocenters. The van der Waals surface area contributed by atoms with E-state index in [1.165, 1.54) is 24.3 Å². The molecule has 1 rings (SSSR count). The van der Waals surface area contributed by atoms with Gasteiger partial charge in [0.2, 0.25) is 0 Å². The van der Waals surface area contributed by atoms with Crippen LogP contribution < -0.4 is 5.73 Å². The van der Waals surface area contributed by atoms with Crippen LogP contribution in [0.5, 0.6) is 0 Å². The van der Waals surface area contributed by atoms with Crippen molar-refractivity contribution in [3.8, 4) is 0 Å². The first-order valence-electron chi connectivity index (χ1n) is 4.86. The predicted octanol–water partition coefficient (Wildman–Crippen LogP) is 2.94. The van der Waals surface area contributed by atoms with Crippen LogP contribution >= 0.6 is 0 Å². The highest BCUT2D eigenvalue weighted by atomic mass is 19.4. The number of nitro groups is 1. The number of hydrogen-bond acceptors (Lipinski definition) is 3. The van der Waals surface area contributed by atoms with Gasteiger partial charge in [0.15, 0.2) is 0 Å². The molecule has 94 valence electrons. The lowest BCUT2D eigenvalue weighted by Crippen LogP contribution is -2.15. The third-order valence-corrected chi connectivity index (χ3v) is 2.27. The molecule has 0 fully saturated rings. The Morgan fingerprint density at radius 2 is 1.82 bits per heavy atom. The van der Waals surface area contributed by atoms with E-state index >= 15 is 0 Å². The summed E-state index contributed by atoms with van der Waals surface area (Å²) in [7, 11) is 0. The van der Waals surface area contributed by atoms with Crippen LogP contribution in [0.4, 0.5) is 18.9 Å². The maximum Gasteiger partial charge on any atom is 0.389 e. The molecule has 17 heavy (non-hydrogen) atoms. The average molecular weight is 248 g/mol. The number of alkyl halides is 3. The summed E-state index contributed by atoms with van der Waals surface area (Å²) in [4.78, 5) is 9.79. The van der Waals surface area contributed by atoms with E-state index in [4.69, 9.17) is 5.73 Å². The maximum absolute atomic E-state index is 12.0. The lowest BCUT2D eigenvalue weighted by molar-refractivity contribution is -0.384. The molecule has 2 N–H and O–H groups in total.